The lowest BCUT2D eigenvalue weighted by Gasteiger charge is -2.31. The lowest BCUT2D eigenvalue weighted by atomic mass is 10.0. The van der Waals surface area contributed by atoms with Crippen molar-refractivity contribution in [1.82, 2.24) is 4.90 Å². The van der Waals surface area contributed by atoms with Crippen molar-refractivity contribution in [3.05, 3.63) is 59.7 Å². The molecule has 0 radical (unpaired) electrons. The first-order valence-corrected chi connectivity index (χ1v) is 14.1. The molecule has 6 nitrogen and oxygen atoms in total. The molecule has 1 aliphatic rings. The Morgan fingerprint density at radius 2 is 1.62 bits per heavy atom. The molecule has 1 saturated heterocycles. The number of anilines is 1. The van der Waals surface area contributed by atoms with Gasteiger partial charge in [-0.1, -0.05) is 38.1 Å². The summed E-state index contributed by atoms with van der Waals surface area (Å²) in [6.45, 7) is 12.4. The summed E-state index contributed by atoms with van der Waals surface area (Å²) < 4.78 is 30.3. The fourth-order valence-electron chi connectivity index (χ4n) is 4.43. The van der Waals surface area contributed by atoms with E-state index in [1.807, 2.05) is 36.4 Å². The molecule has 186 valence electrons. The molecule has 0 aromatic heterocycles. The topological polar surface area (TPSA) is 66.9 Å². The summed E-state index contributed by atoms with van der Waals surface area (Å²) in [4.78, 5) is 17.4. The van der Waals surface area contributed by atoms with Crippen LogP contribution in [0.4, 0.5) is 5.69 Å². The Hall–Kier alpha value is -2.54. The maximum Gasteiger partial charge on any atom is 0.263 e. The molecule has 0 bridgehead atoms. The Bertz CT molecular complexity index is 1050. The Balaban J connectivity index is 1.77. The molecular formula is C27H38N2O4S. The molecular weight excluding hydrogens is 448 g/mol. The van der Waals surface area contributed by atoms with Crippen molar-refractivity contribution in [2.45, 2.75) is 65.6 Å². The molecule has 0 aliphatic carbocycles. The van der Waals surface area contributed by atoms with Gasteiger partial charge in [0.2, 0.25) is 0 Å². The molecule has 2 aromatic rings. The van der Waals surface area contributed by atoms with Crippen LogP contribution in [-0.4, -0.2) is 56.0 Å². The molecule has 2 aromatic carbocycles. The summed E-state index contributed by atoms with van der Waals surface area (Å²) in [5.41, 5.74) is 3.32. The molecule has 1 aliphatic heterocycles. The fourth-order valence-corrected chi connectivity index (χ4v) is 6.16. The second-order valence-electron chi connectivity index (χ2n) is 9.35. The van der Waals surface area contributed by atoms with Crippen molar-refractivity contribution in [3.8, 4) is 5.75 Å². The van der Waals surface area contributed by atoms with Gasteiger partial charge in [-0.15, -0.1) is 0 Å². The summed E-state index contributed by atoms with van der Waals surface area (Å²) in [7, 11) is -3.13. The van der Waals surface area contributed by atoms with Crippen LogP contribution in [0.3, 0.4) is 0 Å². The number of hydrogen-bond donors (Lipinski definition) is 0. The van der Waals surface area contributed by atoms with Gasteiger partial charge in [-0.25, -0.2) is 8.42 Å². The van der Waals surface area contributed by atoms with Crippen LogP contribution in [-0.2, 0) is 21.2 Å². The van der Waals surface area contributed by atoms with Crippen molar-refractivity contribution >= 4 is 21.4 Å². The predicted octanol–water partition coefficient (Wildman–Crippen LogP) is 4.64. The van der Waals surface area contributed by atoms with Gasteiger partial charge in [0.25, 0.3) is 5.91 Å². The second-order valence-corrected chi connectivity index (χ2v) is 11.6. The molecule has 2 unspecified atom stereocenters. The number of ether oxygens (including phenoxy) is 1. The van der Waals surface area contributed by atoms with Crippen LogP contribution in [0.2, 0.25) is 0 Å². The minimum absolute atomic E-state index is 0.00603. The van der Waals surface area contributed by atoms with E-state index in [9.17, 15) is 13.2 Å². The van der Waals surface area contributed by atoms with Crippen molar-refractivity contribution in [1.29, 1.82) is 0 Å². The molecule has 34 heavy (non-hydrogen) atoms. The molecule has 7 heteroatoms. The van der Waals surface area contributed by atoms with Crippen LogP contribution < -0.4 is 9.64 Å². The zero-order chi connectivity index (χ0) is 24.9. The van der Waals surface area contributed by atoms with Crippen LogP contribution >= 0.6 is 0 Å². The molecule has 0 N–H and O–H groups in total. The second kappa shape index (κ2) is 11.3. The van der Waals surface area contributed by atoms with Crippen molar-refractivity contribution in [2.24, 2.45) is 0 Å². The van der Waals surface area contributed by atoms with Crippen LogP contribution in [0.15, 0.2) is 48.5 Å². The molecule has 1 fully saturated rings. The van der Waals surface area contributed by atoms with E-state index >= 15 is 0 Å². The van der Waals surface area contributed by atoms with Crippen LogP contribution in [0.5, 0.6) is 5.75 Å². The lowest BCUT2D eigenvalue weighted by molar-refractivity contribution is -0.140. The van der Waals surface area contributed by atoms with E-state index in [1.165, 1.54) is 5.56 Å². The van der Waals surface area contributed by atoms with E-state index in [2.05, 4.69) is 44.7 Å². The van der Waals surface area contributed by atoms with Gasteiger partial charge >= 0.3 is 0 Å². The quantitative estimate of drug-likeness (QED) is 0.489. The smallest absolute Gasteiger partial charge is 0.263 e. The third-order valence-corrected chi connectivity index (χ3v) is 8.31. The third-order valence-electron chi connectivity index (χ3n) is 6.56. The zero-order valence-corrected chi connectivity index (χ0v) is 21.8. The molecule has 0 spiro atoms. The average molecular weight is 487 g/mol. The van der Waals surface area contributed by atoms with Gasteiger partial charge in [0.15, 0.2) is 15.9 Å². The van der Waals surface area contributed by atoms with E-state index < -0.39 is 15.9 Å². The number of carbonyl (C=O) groups is 1. The Morgan fingerprint density at radius 3 is 2.12 bits per heavy atom. The van der Waals surface area contributed by atoms with Crippen LogP contribution in [0.25, 0.3) is 0 Å². The van der Waals surface area contributed by atoms with Crippen LogP contribution in [0.1, 0.15) is 58.1 Å². The zero-order valence-electron chi connectivity index (χ0n) is 21.0. The Morgan fingerprint density at radius 1 is 1.00 bits per heavy atom. The van der Waals surface area contributed by atoms with Gasteiger partial charge in [0.05, 0.1) is 11.5 Å². The largest absolute Gasteiger partial charge is 0.481 e. The fraction of sp³-hybridized carbons (Fsp3) is 0.519. The van der Waals surface area contributed by atoms with Gasteiger partial charge in [-0.2, -0.15) is 0 Å². The Kier molecular flexibility index (Phi) is 8.63. The highest BCUT2D eigenvalue weighted by Gasteiger charge is 2.36. The normalized spacial score (nSPS) is 18.0. The van der Waals surface area contributed by atoms with Gasteiger partial charge in [-0.05, 0) is 68.5 Å². The van der Waals surface area contributed by atoms with Gasteiger partial charge in [-0.3, -0.25) is 4.79 Å². The average Bonchev–Trinajstić information content (AvgIpc) is 3.18. The van der Waals surface area contributed by atoms with E-state index in [0.29, 0.717) is 24.6 Å². The number of nitrogens with zero attached hydrogens (tertiary/aromatic N) is 2. The number of benzene rings is 2. The summed E-state index contributed by atoms with van der Waals surface area (Å²) in [5.74, 6) is 0.983. The number of sulfone groups is 1. The first kappa shape index (κ1) is 26.1. The molecule has 2 atom stereocenters. The summed E-state index contributed by atoms with van der Waals surface area (Å²) >= 11 is 0. The van der Waals surface area contributed by atoms with Gasteiger partial charge < -0.3 is 14.5 Å². The monoisotopic (exact) mass is 486 g/mol. The molecule has 1 heterocycles. The SMILES string of the molecule is CCN(CC)c1ccc(CN(C(=O)C(C)Oc2ccc(C(C)C)cc2)C2CCS(=O)(=O)C2)cc1. The standard InChI is InChI=1S/C27H38N2O4S/c1-6-28(7-2)24-12-8-22(9-13-24)18-29(25-16-17-34(31,32)19-25)27(30)21(5)33-26-14-10-23(11-15-26)20(3)4/h8-15,20-21,25H,6-7,16-19H2,1-5H3. The first-order valence-electron chi connectivity index (χ1n) is 12.2. The van der Waals surface area contributed by atoms with Crippen molar-refractivity contribution < 1.29 is 17.9 Å². The van der Waals surface area contributed by atoms with E-state index in [-0.39, 0.29) is 23.5 Å². The maximum absolute atomic E-state index is 13.5. The van der Waals surface area contributed by atoms with Gasteiger partial charge in [0, 0.05) is 31.4 Å². The molecule has 1 amide bonds. The number of amides is 1. The highest BCUT2D eigenvalue weighted by atomic mass is 32.2. The number of rotatable bonds is 10. The maximum atomic E-state index is 13.5. The number of hydrogen-bond acceptors (Lipinski definition) is 5. The highest BCUT2D eigenvalue weighted by molar-refractivity contribution is 7.91. The van der Waals surface area contributed by atoms with Crippen molar-refractivity contribution in [2.75, 3.05) is 29.5 Å². The lowest BCUT2D eigenvalue weighted by Crippen LogP contribution is -2.46. The summed E-state index contributed by atoms with van der Waals surface area (Å²) in [6, 6.07) is 15.6. The predicted molar refractivity (Wildman–Crippen MR) is 138 cm³/mol. The minimum Gasteiger partial charge on any atom is -0.481 e. The first-order chi connectivity index (χ1) is 16.1. The Labute approximate surface area is 204 Å². The van der Waals surface area contributed by atoms with Gasteiger partial charge in [0.1, 0.15) is 5.75 Å². The third kappa shape index (κ3) is 6.53. The van der Waals surface area contributed by atoms with Crippen molar-refractivity contribution in [3.63, 3.8) is 0 Å². The molecule has 3 rings (SSSR count). The van der Waals surface area contributed by atoms with E-state index in [4.69, 9.17) is 4.74 Å². The van der Waals surface area contributed by atoms with Crippen LogP contribution in [0, 0.1) is 0 Å². The number of carbonyl (C=O) groups excluding carboxylic acids is 1. The highest BCUT2D eigenvalue weighted by Crippen LogP contribution is 2.24. The minimum atomic E-state index is -3.13. The molecule has 0 saturated carbocycles. The summed E-state index contributed by atoms with van der Waals surface area (Å²) in [6.07, 6.45) is -0.260. The van der Waals surface area contributed by atoms with E-state index in [1.54, 1.807) is 11.8 Å². The summed E-state index contributed by atoms with van der Waals surface area (Å²) in [5, 5.41) is 0. The van der Waals surface area contributed by atoms with E-state index in [0.717, 1.165) is 24.3 Å².